The lowest BCUT2D eigenvalue weighted by Gasteiger charge is -2.33. The minimum atomic E-state index is -0.0304. The smallest absolute Gasteiger partial charge is 0.225 e. The molecule has 0 bridgehead atoms. The second kappa shape index (κ2) is 9.26. The largest absolute Gasteiger partial charge is 0.352 e. The fraction of sp³-hybridized carbons (Fsp3) is 0.889. The van der Waals surface area contributed by atoms with E-state index in [1.165, 1.54) is 12.8 Å². The maximum absolute atomic E-state index is 12.6. The third-order valence-corrected chi connectivity index (χ3v) is 5.13. The molecule has 2 rings (SSSR count). The monoisotopic (exact) mass is 323 g/mol. The zero-order chi connectivity index (χ0) is 16.7. The van der Waals surface area contributed by atoms with Gasteiger partial charge in [-0.3, -0.25) is 9.59 Å². The predicted molar refractivity (Wildman–Crippen MR) is 92.1 cm³/mol. The van der Waals surface area contributed by atoms with Crippen molar-refractivity contribution in [1.82, 2.24) is 15.1 Å². The molecule has 0 aromatic rings. The molecule has 2 atom stereocenters. The van der Waals surface area contributed by atoms with Gasteiger partial charge in [0.25, 0.3) is 0 Å². The molecule has 2 fully saturated rings. The lowest BCUT2D eigenvalue weighted by atomic mass is 9.96. The predicted octanol–water partition coefficient (Wildman–Crippen LogP) is 2.02. The Bertz CT molecular complexity index is 394. The number of amides is 2. The summed E-state index contributed by atoms with van der Waals surface area (Å²) < 4.78 is 0. The summed E-state index contributed by atoms with van der Waals surface area (Å²) in [5.74, 6) is 0.316. The van der Waals surface area contributed by atoms with E-state index in [-0.39, 0.29) is 23.8 Å². The van der Waals surface area contributed by atoms with Crippen LogP contribution in [0.3, 0.4) is 0 Å². The molecule has 0 unspecified atom stereocenters. The zero-order valence-electron chi connectivity index (χ0n) is 14.9. The summed E-state index contributed by atoms with van der Waals surface area (Å²) in [5, 5.41) is 3.24. The third-order valence-electron chi connectivity index (χ3n) is 5.13. The first kappa shape index (κ1) is 18.2. The van der Waals surface area contributed by atoms with Gasteiger partial charge in [-0.05, 0) is 51.6 Å². The van der Waals surface area contributed by atoms with Crippen LogP contribution in [0, 0.1) is 5.92 Å². The summed E-state index contributed by atoms with van der Waals surface area (Å²) in [6.45, 7) is 8.87. The molecule has 2 heterocycles. The van der Waals surface area contributed by atoms with Crippen molar-refractivity contribution in [1.29, 1.82) is 0 Å². The molecule has 132 valence electrons. The molecule has 2 aliphatic rings. The van der Waals surface area contributed by atoms with Crippen molar-refractivity contribution in [2.75, 3.05) is 32.7 Å². The highest BCUT2D eigenvalue weighted by molar-refractivity contribution is 5.81. The van der Waals surface area contributed by atoms with E-state index in [0.29, 0.717) is 13.0 Å². The number of carbonyl (C=O) groups excluding carboxylic acids is 2. The van der Waals surface area contributed by atoms with Gasteiger partial charge in [0.15, 0.2) is 0 Å². The Hall–Kier alpha value is -1.10. The normalized spacial score (nSPS) is 23.7. The molecule has 0 radical (unpaired) electrons. The molecule has 0 aliphatic carbocycles. The number of likely N-dealkylation sites (tertiary alicyclic amines) is 2. The summed E-state index contributed by atoms with van der Waals surface area (Å²) in [4.78, 5) is 29.0. The Kier molecular flexibility index (Phi) is 7.34. The van der Waals surface area contributed by atoms with Gasteiger partial charge < -0.3 is 15.1 Å². The van der Waals surface area contributed by atoms with Crippen LogP contribution >= 0.6 is 0 Å². The number of carbonyl (C=O) groups is 2. The van der Waals surface area contributed by atoms with Gasteiger partial charge in [0.1, 0.15) is 0 Å². The lowest BCUT2D eigenvalue weighted by molar-refractivity contribution is -0.136. The summed E-state index contributed by atoms with van der Waals surface area (Å²) >= 11 is 0. The van der Waals surface area contributed by atoms with E-state index < -0.39 is 0 Å². The van der Waals surface area contributed by atoms with Gasteiger partial charge in [0, 0.05) is 32.1 Å². The van der Waals surface area contributed by atoms with E-state index in [1.807, 2.05) is 11.8 Å². The quantitative estimate of drug-likeness (QED) is 0.780. The zero-order valence-corrected chi connectivity index (χ0v) is 14.9. The lowest BCUT2D eigenvalue weighted by Crippen LogP contribution is -2.49. The van der Waals surface area contributed by atoms with E-state index in [9.17, 15) is 9.59 Å². The molecule has 2 aliphatic heterocycles. The molecule has 0 spiro atoms. The van der Waals surface area contributed by atoms with Gasteiger partial charge in [-0.2, -0.15) is 0 Å². The van der Waals surface area contributed by atoms with E-state index in [4.69, 9.17) is 0 Å². The second-order valence-electron chi connectivity index (χ2n) is 7.05. The SMILES string of the molecule is CCCC(=O)N1CCC[C@H](C(=O)N[C@H](CC)CN2CCCC2)C1. The van der Waals surface area contributed by atoms with Gasteiger partial charge in [-0.15, -0.1) is 0 Å². The van der Waals surface area contributed by atoms with Crippen molar-refractivity contribution in [3.63, 3.8) is 0 Å². The minimum absolute atomic E-state index is 0.0304. The molecule has 1 N–H and O–H groups in total. The van der Waals surface area contributed by atoms with Crippen LogP contribution in [0.5, 0.6) is 0 Å². The van der Waals surface area contributed by atoms with Crippen molar-refractivity contribution in [3.8, 4) is 0 Å². The standard InChI is InChI=1S/C18H33N3O2/c1-3-8-17(22)21-12-7-9-15(13-21)18(23)19-16(4-2)14-20-10-5-6-11-20/h15-16H,3-14H2,1-2H3,(H,19,23)/t15-,16+/m0/s1. The van der Waals surface area contributed by atoms with Crippen LogP contribution in [0.1, 0.15) is 58.8 Å². The average Bonchev–Trinajstić information content (AvgIpc) is 3.07. The Balaban J connectivity index is 1.81. The van der Waals surface area contributed by atoms with Gasteiger partial charge in [0.2, 0.25) is 11.8 Å². The first-order chi connectivity index (χ1) is 11.1. The summed E-state index contributed by atoms with van der Waals surface area (Å²) in [6, 6.07) is 0.238. The van der Waals surface area contributed by atoms with Crippen LogP contribution in [-0.2, 0) is 9.59 Å². The number of nitrogens with zero attached hydrogens (tertiary/aromatic N) is 2. The van der Waals surface area contributed by atoms with Crippen LogP contribution in [0.4, 0.5) is 0 Å². The van der Waals surface area contributed by atoms with Crippen molar-refractivity contribution in [3.05, 3.63) is 0 Å². The number of piperidine rings is 1. The topological polar surface area (TPSA) is 52.7 Å². The van der Waals surface area contributed by atoms with Crippen molar-refractivity contribution in [2.24, 2.45) is 5.92 Å². The average molecular weight is 323 g/mol. The third kappa shape index (κ3) is 5.48. The van der Waals surface area contributed by atoms with Crippen LogP contribution in [-0.4, -0.2) is 60.4 Å². The maximum atomic E-state index is 12.6. The van der Waals surface area contributed by atoms with E-state index >= 15 is 0 Å². The van der Waals surface area contributed by atoms with Crippen molar-refractivity contribution >= 4 is 11.8 Å². The van der Waals surface area contributed by atoms with Crippen LogP contribution in [0.25, 0.3) is 0 Å². The molecule has 2 saturated heterocycles. The number of rotatable bonds is 7. The second-order valence-corrected chi connectivity index (χ2v) is 7.05. The minimum Gasteiger partial charge on any atom is -0.352 e. The number of hydrogen-bond donors (Lipinski definition) is 1. The number of nitrogens with one attached hydrogen (secondary N) is 1. The highest BCUT2D eigenvalue weighted by Gasteiger charge is 2.29. The first-order valence-electron chi connectivity index (χ1n) is 9.44. The van der Waals surface area contributed by atoms with E-state index in [0.717, 1.165) is 51.9 Å². The summed E-state index contributed by atoms with van der Waals surface area (Å²) in [7, 11) is 0. The Morgan fingerprint density at radius 3 is 2.52 bits per heavy atom. The first-order valence-corrected chi connectivity index (χ1v) is 9.44. The molecule has 0 saturated carbocycles. The fourth-order valence-corrected chi connectivity index (χ4v) is 3.66. The highest BCUT2D eigenvalue weighted by atomic mass is 16.2. The van der Waals surface area contributed by atoms with Crippen molar-refractivity contribution < 1.29 is 9.59 Å². The summed E-state index contributed by atoms with van der Waals surface area (Å²) in [5.41, 5.74) is 0. The van der Waals surface area contributed by atoms with Gasteiger partial charge in [0.05, 0.1) is 5.92 Å². The van der Waals surface area contributed by atoms with Gasteiger partial charge in [-0.1, -0.05) is 13.8 Å². The van der Waals surface area contributed by atoms with E-state index in [1.54, 1.807) is 0 Å². The van der Waals surface area contributed by atoms with Gasteiger partial charge in [-0.25, -0.2) is 0 Å². The Labute approximate surface area is 140 Å². The molecule has 2 amide bonds. The van der Waals surface area contributed by atoms with Crippen molar-refractivity contribution in [2.45, 2.75) is 64.8 Å². The molecule has 23 heavy (non-hydrogen) atoms. The molecule has 5 heteroatoms. The molecule has 5 nitrogen and oxygen atoms in total. The molecular weight excluding hydrogens is 290 g/mol. The molecule has 0 aromatic heterocycles. The molecule has 0 aromatic carbocycles. The van der Waals surface area contributed by atoms with E-state index in [2.05, 4.69) is 17.1 Å². The maximum Gasteiger partial charge on any atom is 0.225 e. The fourth-order valence-electron chi connectivity index (χ4n) is 3.66. The highest BCUT2D eigenvalue weighted by Crippen LogP contribution is 2.18. The van der Waals surface area contributed by atoms with Gasteiger partial charge >= 0.3 is 0 Å². The van der Waals surface area contributed by atoms with Crippen LogP contribution in [0.15, 0.2) is 0 Å². The van der Waals surface area contributed by atoms with Crippen LogP contribution < -0.4 is 5.32 Å². The Morgan fingerprint density at radius 2 is 1.87 bits per heavy atom. The Morgan fingerprint density at radius 1 is 1.13 bits per heavy atom. The molecular formula is C18H33N3O2. The van der Waals surface area contributed by atoms with Crippen LogP contribution in [0.2, 0.25) is 0 Å². The summed E-state index contributed by atoms with van der Waals surface area (Å²) in [6.07, 6.45) is 6.84. The number of hydrogen-bond acceptors (Lipinski definition) is 3.